The SMILES string of the molecule is Cc1ccc(CN=C(N)NCCC(C)C)c(C)c1.I. The molecule has 0 saturated heterocycles. The number of nitrogens with zero attached hydrogens (tertiary/aromatic N) is 1. The number of nitrogens with one attached hydrogen (secondary N) is 1. The van der Waals surface area contributed by atoms with E-state index in [1.54, 1.807) is 0 Å². The van der Waals surface area contributed by atoms with Gasteiger partial charge in [0.25, 0.3) is 0 Å². The molecule has 0 bridgehead atoms. The van der Waals surface area contributed by atoms with Crippen LogP contribution >= 0.6 is 24.0 Å². The first-order valence-electron chi connectivity index (χ1n) is 6.59. The van der Waals surface area contributed by atoms with Gasteiger partial charge in [-0.15, -0.1) is 24.0 Å². The van der Waals surface area contributed by atoms with Crippen molar-refractivity contribution in [3.05, 3.63) is 34.9 Å². The maximum absolute atomic E-state index is 5.83. The molecular formula is C15H26IN3. The van der Waals surface area contributed by atoms with Crippen molar-refractivity contribution in [3.8, 4) is 0 Å². The highest BCUT2D eigenvalue weighted by atomic mass is 127. The molecule has 1 aromatic rings. The summed E-state index contributed by atoms with van der Waals surface area (Å²) in [6.45, 7) is 10.1. The molecule has 1 rings (SSSR count). The number of aryl methyl sites for hydroxylation is 2. The Bertz CT molecular complexity index is 414. The van der Waals surface area contributed by atoms with Gasteiger partial charge in [0.2, 0.25) is 0 Å². The quantitative estimate of drug-likeness (QED) is 0.471. The molecule has 0 aliphatic heterocycles. The summed E-state index contributed by atoms with van der Waals surface area (Å²) >= 11 is 0. The molecule has 108 valence electrons. The lowest BCUT2D eigenvalue weighted by Crippen LogP contribution is -2.32. The van der Waals surface area contributed by atoms with E-state index in [1.165, 1.54) is 16.7 Å². The molecule has 0 spiro atoms. The van der Waals surface area contributed by atoms with Crippen LogP contribution in [0.1, 0.15) is 37.0 Å². The number of rotatable bonds is 5. The van der Waals surface area contributed by atoms with Crippen LogP contribution in [0.5, 0.6) is 0 Å². The summed E-state index contributed by atoms with van der Waals surface area (Å²) in [4.78, 5) is 4.37. The highest BCUT2D eigenvalue weighted by molar-refractivity contribution is 14.0. The molecule has 0 heterocycles. The van der Waals surface area contributed by atoms with E-state index in [2.05, 4.69) is 56.2 Å². The molecule has 0 aliphatic rings. The smallest absolute Gasteiger partial charge is 0.188 e. The first-order valence-corrected chi connectivity index (χ1v) is 6.59. The van der Waals surface area contributed by atoms with Crippen molar-refractivity contribution >= 4 is 29.9 Å². The van der Waals surface area contributed by atoms with Crippen LogP contribution in [0.2, 0.25) is 0 Å². The van der Waals surface area contributed by atoms with Crippen LogP contribution in [0.25, 0.3) is 0 Å². The fourth-order valence-electron chi connectivity index (χ4n) is 1.74. The van der Waals surface area contributed by atoms with Crippen LogP contribution in [0.15, 0.2) is 23.2 Å². The average molecular weight is 375 g/mol. The molecule has 0 aliphatic carbocycles. The van der Waals surface area contributed by atoms with Crippen molar-refractivity contribution in [1.29, 1.82) is 0 Å². The van der Waals surface area contributed by atoms with Crippen molar-refractivity contribution in [1.82, 2.24) is 5.32 Å². The van der Waals surface area contributed by atoms with Crippen molar-refractivity contribution in [2.45, 2.75) is 40.7 Å². The molecule has 0 radical (unpaired) electrons. The Labute approximate surface area is 134 Å². The minimum absolute atomic E-state index is 0. The van der Waals surface area contributed by atoms with Crippen molar-refractivity contribution < 1.29 is 0 Å². The lowest BCUT2D eigenvalue weighted by molar-refractivity contribution is 0.576. The summed E-state index contributed by atoms with van der Waals surface area (Å²) in [7, 11) is 0. The summed E-state index contributed by atoms with van der Waals surface area (Å²) in [6.07, 6.45) is 1.11. The van der Waals surface area contributed by atoms with E-state index in [9.17, 15) is 0 Å². The van der Waals surface area contributed by atoms with E-state index in [-0.39, 0.29) is 24.0 Å². The highest BCUT2D eigenvalue weighted by Gasteiger charge is 1.99. The van der Waals surface area contributed by atoms with Crippen molar-refractivity contribution in [2.75, 3.05) is 6.54 Å². The van der Waals surface area contributed by atoms with Gasteiger partial charge in [0.15, 0.2) is 5.96 Å². The molecule has 0 saturated carbocycles. The van der Waals surface area contributed by atoms with Gasteiger partial charge in [-0.2, -0.15) is 0 Å². The normalized spacial score (nSPS) is 11.3. The summed E-state index contributed by atoms with van der Waals surface area (Å²) in [6, 6.07) is 6.41. The molecule has 19 heavy (non-hydrogen) atoms. The van der Waals surface area contributed by atoms with Crippen molar-refractivity contribution in [3.63, 3.8) is 0 Å². The van der Waals surface area contributed by atoms with Gasteiger partial charge in [-0.3, -0.25) is 0 Å². The molecule has 0 unspecified atom stereocenters. The molecule has 3 N–H and O–H groups in total. The Hall–Kier alpha value is -0.780. The number of hydrogen-bond acceptors (Lipinski definition) is 1. The molecule has 0 amide bonds. The molecular weight excluding hydrogens is 349 g/mol. The molecule has 0 fully saturated rings. The lowest BCUT2D eigenvalue weighted by atomic mass is 10.1. The third-order valence-electron chi connectivity index (χ3n) is 2.95. The summed E-state index contributed by atoms with van der Waals surface area (Å²) in [5.41, 5.74) is 9.61. The minimum Gasteiger partial charge on any atom is -0.370 e. The minimum atomic E-state index is 0. The zero-order valence-electron chi connectivity index (χ0n) is 12.4. The van der Waals surface area contributed by atoms with E-state index in [0.717, 1.165) is 13.0 Å². The third-order valence-corrected chi connectivity index (χ3v) is 2.95. The van der Waals surface area contributed by atoms with Gasteiger partial charge in [0, 0.05) is 6.54 Å². The third kappa shape index (κ3) is 7.40. The maximum Gasteiger partial charge on any atom is 0.188 e. The molecule has 0 aromatic heterocycles. The van der Waals surface area contributed by atoms with E-state index in [1.807, 2.05) is 0 Å². The standard InChI is InChI=1S/C15H25N3.HI/c1-11(2)7-8-17-15(16)18-10-14-6-5-12(3)9-13(14)4;/h5-6,9,11H,7-8,10H2,1-4H3,(H3,16,17,18);1H. The van der Waals surface area contributed by atoms with E-state index in [0.29, 0.717) is 18.4 Å². The van der Waals surface area contributed by atoms with Gasteiger partial charge in [-0.25, -0.2) is 4.99 Å². The second-order valence-electron chi connectivity index (χ2n) is 5.24. The monoisotopic (exact) mass is 375 g/mol. The first kappa shape index (κ1) is 18.2. The van der Waals surface area contributed by atoms with Gasteiger partial charge >= 0.3 is 0 Å². The lowest BCUT2D eigenvalue weighted by Gasteiger charge is -2.08. The summed E-state index contributed by atoms with van der Waals surface area (Å²) in [5, 5.41) is 3.14. The van der Waals surface area contributed by atoms with Gasteiger partial charge in [-0.05, 0) is 37.3 Å². The van der Waals surface area contributed by atoms with Crippen LogP contribution in [-0.2, 0) is 6.54 Å². The molecule has 4 heteroatoms. The zero-order chi connectivity index (χ0) is 13.5. The Morgan fingerprint density at radius 3 is 2.58 bits per heavy atom. The fourth-order valence-corrected chi connectivity index (χ4v) is 1.74. The Morgan fingerprint density at radius 1 is 1.32 bits per heavy atom. The number of benzene rings is 1. The number of guanidine groups is 1. The first-order chi connectivity index (χ1) is 8.49. The van der Waals surface area contributed by atoms with E-state index < -0.39 is 0 Å². The number of halogens is 1. The molecule has 0 atom stereocenters. The Balaban J connectivity index is 0.00000324. The van der Waals surface area contributed by atoms with Crippen LogP contribution in [0.4, 0.5) is 0 Å². The van der Waals surface area contributed by atoms with Gasteiger partial charge < -0.3 is 11.1 Å². The predicted molar refractivity (Wildman–Crippen MR) is 94.1 cm³/mol. The average Bonchev–Trinajstić information content (AvgIpc) is 2.27. The van der Waals surface area contributed by atoms with Crippen LogP contribution in [-0.4, -0.2) is 12.5 Å². The molecule has 3 nitrogen and oxygen atoms in total. The topological polar surface area (TPSA) is 50.4 Å². The van der Waals surface area contributed by atoms with Gasteiger partial charge in [-0.1, -0.05) is 37.6 Å². The fraction of sp³-hybridized carbons (Fsp3) is 0.533. The zero-order valence-corrected chi connectivity index (χ0v) is 14.7. The summed E-state index contributed by atoms with van der Waals surface area (Å²) < 4.78 is 0. The number of nitrogens with two attached hydrogens (primary N) is 1. The Morgan fingerprint density at radius 2 is 2.00 bits per heavy atom. The van der Waals surface area contributed by atoms with Gasteiger partial charge in [0.05, 0.1) is 6.54 Å². The molecule has 1 aromatic carbocycles. The largest absolute Gasteiger partial charge is 0.370 e. The Kier molecular flexibility index (Phi) is 8.80. The van der Waals surface area contributed by atoms with Crippen LogP contribution < -0.4 is 11.1 Å². The maximum atomic E-state index is 5.83. The van der Waals surface area contributed by atoms with Gasteiger partial charge in [0.1, 0.15) is 0 Å². The van der Waals surface area contributed by atoms with Crippen LogP contribution in [0.3, 0.4) is 0 Å². The second kappa shape index (κ2) is 9.18. The number of hydrogen-bond donors (Lipinski definition) is 2. The highest BCUT2D eigenvalue weighted by Crippen LogP contribution is 2.11. The second-order valence-corrected chi connectivity index (χ2v) is 5.24. The number of aliphatic imine (C=N–C) groups is 1. The van der Waals surface area contributed by atoms with E-state index >= 15 is 0 Å². The predicted octanol–water partition coefficient (Wildman–Crippen LogP) is 3.37. The van der Waals surface area contributed by atoms with E-state index in [4.69, 9.17) is 5.73 Å². The van der Waals surface area contributed by atoms with Crippen LogP contribution in [0, 0.1) is 19.8 Å². The van der Waals surface area contributed by atoms with Crippen molar-refractivity contribution in [2.24, 2.45) is 16.6 Å². The summed E-state index contributed by atoms with van der Waals surface area (Å²) in [5.74, 6) is 1.22.